The number of aromatic nitrogens is 3. The average molecular weight is 349 g/mol. The number of halogens is 1. The Hall–Kier alpha value is -1.92. The second-order valence-corrected chi connectivity index (χ2v) is 6.90. The van der Waals surface area contributed by atoms with E-state index in [2.05, 4.69) is 21.9 Å². The predicted molar refractivity (Wildman–Crippen MR) is 94.7 cm³/mol. The third kappa shape index (κ3) is 3.54. The van der Waals surface area contributed by atoms with E-state index in [0.29, 0.717) is 16.5 Å². The van der Waals surface area contributed by atoms with Crippen molar-refractivity contribution in [3.8, 4) is 0 Å². The van der Waals surface area contributed by atoms with Gasteiger partial charge in [0, 0.05) is 23.3 Å². The molecular weight excluding hydrogens is 332 g/mol. The number of rotatable bonds is 5. The minimum Gasteiger partial charge on any atom is -0.366 e. The lowest BCUT2D eigenvalue weighted by atomic mass is 10.2. The summed E-state index contributed by atoms with van der Waals surface area (Å²) in [5, 5.41) is 5.71. The quantitative estimate of drug-likeness (QED) is 0.707. The molecular formula is C16H17ClN4OS. The second-order valence-electron chi connectivity index (χ2n) is 5.30. The zero-order chi connectivity index (χ0) is 16.4. The van der Waals surface area contributed by atoms with Crippen LogP contribution in [0.1, 0.15) is 24.0 Å². The molecule has 5 nitrogen and oxygen atoms in total. The summed E-state index contributed by atoms with van der Waals surface area (Å²) in [4.78, 5) is 19.6. The van der Waals surface area contributed by atoms with Crippen LogP contribution in [0, 0.1) is 6.92 Å². The van der Waals surface area contributed by atoms with Crippen molar-refractivity contribution in [1.29, 1.82) is 0 Å². The van der Waals surface area contributed by atoms with E-state index in [1.54, 1.807) is 6.07 Å². The molecule has 0 atom stereocenters. The monoisotopic (exact) mass is 348 g/mol. The molecule has 2 aromatic heterocycles. The van der Waals surface area contributed by atoms with Crippen LogP contribution in [-0.2, 0) is 6.54 Å². The van der Waals surface area contributed by atoms with Crippen LogP contribution in [0.5, 0.6) is 0 Å². The number of benzene rings is 1. The van der Waals surface area contributed by atoms with Crippen LogP contribution < -0.4 is 10.5 Å². The third-order valence-electron chi connectivity index (χ3n) is 3.44. The van der Waals surface area contributed by atoms with Gasteiger partial charge in [0.25, 0.3) is 5.56 Å². The van der Waals surface area contributed by atoms with Gasteiger partial charge in [-0.3, -0.25) is 4.79 Å². The fourth-order valence-electron chi connectivity index (χ4n) is 2.45. The maximum Gasteiger partial charge on any atom is 0.275 e. The molecule has 0 saturated heterocycles. The molecule has 0 aliphatic heterocycles. The zero-order valence-electron chi connectivity index (χ0n) is 13.0. The Bertz CT molecular complexity index is 872. The molecule has 0 saturated carbocycles. The highest BCUT2D eigenvalue weighted by molar-refractivity contribution is 7.16. The van der Waals surface area contributed by atoms with E-state index >= 15 is 0 Å². The molecule has 0 radical (unpaired) electrons. The van der Waals surface area contributed by atoms with Crippen LogP contribution >= 0.6 is 22.9 Å². The Morgan fingerprint density at radius 2 is 2.04 bits per heavy atom. The SMILES string of the molecule is CCCN(Cc1cc(=O)n2nc(C)sc2n1)c1ccc(Cl)cc1. The topological polar surface area (TPSA) is 50.5 Å². The Morgan fingerprint density at radius 3 is 2.74 bits per heavy atom. The molecule has 0 aliphatic rings. The van der Waals surface area contributed by atoms with E-state index in [9.17, 15) is 4.79 Å². The van der Waals surface area contributed by atoms with E-state index in [1.807, 2.05) is 31.2 Å². The minimum atomic E-state index is -0.137. The summed E-state index contributed by atoms with van der Waals surface area (Å²) < 4.78 is 1.36. The molecule has 7 heteroatoms. The summed E-state index contributed by atoms with van der Waals surface area (Å²) in [5.74, 6) is 0. The number of hydrogen-bond donors (Lipinski definition) is 0. The van der Waals surface area contributed by atoms with Crippen molar-refractivity contribution in [3.05, 3.63) is 56.4 Å². The normalized spacial score (nSPS) is 11.1. The molecule has 120 valence electrons. The first kappa shape index (κ1) is 16.0. The van der Waals surface area contributed by atoms with Gasteiger partial charge in [-0.1, -0.05) is 29.9 Å². The Kier molecular flexibility index (Phi) is 4.63. The molecule has 3 aromatic rings. The van der Waals surface area contributed by atoms with Crippen molar-refractivity contribution in [2.75, 3.05) is 11.4 Å². The van der Waals surface area contributed by atoms with Crippen LogP contribution in [0.2, 0.25) is 5.02 Å². The Labute approximate surface area is 143 Å². The highest BCUT2D eigenvalue weighted by atomic mass is 35.5. The lowest BCUT2D eigenvalue weighted by Gasteiger charge is -2.24. The summed E-state index contributed by atoms with van der Waals surface area (Å²) in [6.45, 7) is 5.46. The average Bonchev–Trinajstić information content (AvgIpc) is 2.89. The van der Waals surface area contributed by atoms with Crippen LogP contribution in [0.4, 0.5) is 5.69 Å². The summed E-state index contributed by atoms with van der Waals surface area (Å²) in [6.07, 6.45) is 1.00. The second kappa shape index (κ2) is 6.68. The fraction of sp³-hybridized carbons (Fsp3) is 0.312. The van der Waals surface area contributed by atoms with Gasteiger partial charge in [-0.2, -0.15) is 9.61 Å². The van der Waals surface area contributed by atoms with E-state index in [0.717, 1.165) is 29.4 Å². The van der Waals surface area contributed by atoms with Crippen molar-refractivity contribution in [3.63, 3.8) is 0 Å². The summed E-state index contributed by atoms with van der Waals surface area (Å²) in [7, 11) is 0. The van der Waals surface area contributed by atoms with Gasteiger partial charge < -0.3 is 4.90 Å². The summed E-state index contributed by atoms with van der Waals surface area (Å²) in [5.41, 5.74) is 1.68. The number of nitrogens with zero attached hydrogens (tertiary/aromatic N) is 4. The predicted octanol–water partition coefficient (Wildman–Crippen LogP) is 3.53. The first-order valence-electron chi connectivity index (χ1n) is 7.43. The van der Waals surface area contributed by atoms with Gasteiger partial charge in [-0.15, -0.1) is 0 Å². The van der Waals surface area contributed by atoms with Gasteiger partial charge in [-0.25, -0.2) is 4.98 Å². The van der Waals surface area contributed by atoms with Crippen molar-refractivity contribution < 1.29 is 0 Å². The van der Waals surface area contributed by atoms with Crippen LogP contribution in [-0.4, -0.2) is 21.1 Å². The lowest BCUT2D eigenvalue weighted by Crippen LogP contribution is -2.26. The van der Waals surface area contributed by atoms with Gasteiger partial charge >= 0.3 is 0 Å². The third-order valence-corrected chi connectivity index (χ3v) is 4.51. The Balaban J connectivity index is 1.93. The van der Waals surface area contributed by atoms with E-state index in [4.69, 9.17) is 11.6 Å². The summed E-state index contributed by atoms with van der Waals surface area (Å²) in [6, 6.07) is 9.28. The molecule has 1 aromatic carbocycles. The summed E-state index contributed by atoms with van der Waals surface area (Å²) >= 11 is 7.38. The van der Waals surface area contributed by atoms with E-state index < -0.39 is 0 Å². The number of fused-ring (bicyclic) bond motifs is 1. The number of hydrogen-bond acceptors (Lipinski definition) is 5. The number of aryl methyl sites for hydroxylation is 1. The van der Waals surface area contributed by atoms with Crippen LogP contribution in [0.25, 0.3) is 4.96 Å². The fourth-order valence-corrected chi connectivity index (χ4v) is 3.34. The Morgan fingerprint density at radius 1 is 1.30 bits per heavy atom. The molecule has 0 bridgehead atoms. The van der Waals surface area contributed by atoms with Crippen LogP contribution in [0.3, 0.4) is 0 Å². The lowest BCUT2D eigenvalue weighted by molar-refractivity contribution is 0.748. The molecule has 0 amide bonds. The smallest absolute Gasteiger partial charge is 0.275 e. The molecule has 0 N–H and O–H groups in total. The van der Waals surface area contributed by atoms with Gasteiger partial charge in [0.05, 0.1) is 12.2 Å². The molecule has 23 heavy (non-hydrogen) atoms. The van der Waals surface area contributed by atoms with Gasteiger partial charge in [0.2, 0.25) is 4.96 Å². The molecule has 0 unspecified atom stereocenters. The van der Waals surface area contributed by atoms with E-state index in [-0.39, 0.29) is 5.56 Å². The maximum atomic E-state index is 12.2. The van der Waals surface area contributed by atoms with Gasteiger partial charge in [0.15, 0.2) is 0 Å². The van der Waals surface area contributed by atoms with Crippen molar-refractivity contribution >= 4 is 33.6 Å². The van der Waals surface area contributed by atoms with Crippen molar-refractivity contribution in [1.82, 2.24) is 14.6 Å². The van der Waals surface area contributed by atoms with Crippen LogP contribution in [0.15, 0.2) is 35.1 Å². The molecule has 0 aliphatic carbocycles. The molecule has 2 heterocycles. The minimum absolute atomic E-state index is 0.137. The van der Waals surface area contributed by atoms with Crippen molar-refractivity contribution in [2.45, 2.75) is 26.8 Å². The first-order valence-corrected chi connectivity index (χ1v) is 8.63. The standard InChI is InChI=1S/C16H17ClN4OS/c1-3-8-20(14-6-4-12(17)5-7-14)10-13-9-15(22)21-16(18-13)23-11(2)19-21/h4-7,9H,3,8,10H2,1-2H3. The molecule has 0 fully saturated rings. The highest BCUT2D eigenvalue weighted by Gasteiger charge is 2.11. The largest absolute Gasteiger partial charge is 0.366 e. The van der Waals surface area contributed by atoms with Crippen molar-refractivity contribution in [2.24, 2.45) is 0 Å². The maximum absolute atomic E-state index is 12.2. The first-order chi connectivity index (χ1) is 11.1. The van der Waals surface area contributed by atoms with Gasteiger partial charge in [0.1, 0.15) is 5.01 Å². The highest BCUT2D eigenvalue weighted by Crippen LogP contribution is 2.20. The molecule has 0 spiro atoms. The number of anilines is 1. The zero-order valence-corrected chi connectivity index (χ0v) is 14.6. The van der Waals surface area contributed by atoms with Gasteiger partial charge in [-0.05, 0) is 37.6 Å². The van der Waals surface area contributed by atoms with E-state index in [1.165, 1.54) is 15.9 Å². The molecule has 3 rings (SSSR count).